The summed E-state index contributed by atoms with van der Waals surface area (Å²) in [4.78, 5) is 20.5. The second-order valence-corrected chi connectivity index (χ2v) is 5.90. The number of cyclic esters (lactones) is 1. The monoisotopic (exact) mass is 278 g/mol. The largest absolute Gasteiger partial charge is 0.480 e. The van der Waals surface area contributed by atoms with Gasteiger partial charge < -0.3 is 21.3 Å². The second-order valence-electron chi connectivity index (χ2n) is 4.22. The van der Waals surface area contributed by atoms with Crippen molar-refractivity contribution in [1.29, 1.82) is 0 Å². The first-order valence-corrected chi connectivity index (χ1v) is 6.91. The quantitative estimate of drug-likeness (QED) is 0.615. The molecule has 1 aliphatic heterocycles. The molecule has 1 rings (SSSR count). The zero-order valence-corrected chi connectivity index (χ0v) is 11.6. The van der Waals surface area contributed by atoms with E-state index in [1.54, 1.807) is 11.8 Å². The number of carbonyl (C=O) groups excluding carboxylic acids is 1. The van der Waals surface area contributed by atoms with E-state index in [1.165, 1.54) is 0 Å². The molecular weight excluding hydrogens is 256 g/mol. The zero-order chi connectivity index (χ0) is 14.1. The van der Waals surface area contributed by atoms with Crippen molar-refractivity contribution in [2.24, 2.45) is 11.5 Å². The number of hydrogen-bond donors (Lipinski definition) is 3. The van der Waals surface area contributed by atoms with E-state index in [0.717, 1.165) is 5.75 Å². The molecule has 1 fully saturated rings. The Balaban J connectivity index is 0.000000351. The van der Waals surface area contributed by atoms with Crippen LogP contribution >= 0.6 is 11.8 Å². The molecule has 0 aromatic heterocycles. The smallest absolute Gasteiger partial charge is 0.323 e. The van der Waals surface area contributed by atoms with E-state index in [9.17, 15) is 9.59 Å². The molecule has 2 atom stereocenters. The van der Waals surface area contributed by atoms with E-state index >= 15 is 0 Å². The Kier molecular flexibility index (Phi) is 8.78. The van der Waals surface area contributed by atoms with Crippen molar-refractivity contribution in [3.8, 4) is 0 Å². The van der Waals surface area contributed by atoms with Crippen LogP contribution in [-0.4, -0.2) is 46.7 Å². The van der Waals surface area contributed by atoms with Crippen LogP contribution in [0.1, 0.15) is 26.7 Å². The van der Waals surface area contributed by atoms with Crippen LogP contribution in [0.3, 0.4) is 0 Å². The Morgan fingerprint density at radius 1 is 1.61 bits per heavy atom. The van der Waals surface area contributed by atoms with Crippen molar-refractivity contribution in [2.75, 3.05) is 12.4 Å². The van der Waals surface area contributed by atoms with Gasteiger partial charge in [0.1, 0.15) is 12.1 Å². The van der Waals surface area contributed by atoms with Crippen molar-refractivity contribution in [3.63, 3.8) is 0 Å². The number of esters is 1. The minimum absolute atomic E-state index is 0.264. The summed E-state index contributed by atoms with van der Waals surface area (Å²) in [6.07, 6.45) is 1.23. The summed E-state index contributed by atoms with van der Waals surface area (Å²) in [7, 11) is 0. The minimum Gasteiger partial charge on any atom is -0.480 e. The number of carboxylic acids is 1. The number of thioether (sulfide) groups is 1. The minimum atomic E-state index is -0.908. The highest BCUT2D eigenvalue weighted by Crippen LogP contribution is 2.10. The summed E-state index contributed by atoms with van der Waals surface area (Å²) in [6, 6.07) is -1.04. The SMILES string of the molecule is CC(C)SCCC(N)C(=O)O.NC1CCOC1=O. The van der Waals surface area contributed by atoms with Gasteiger partial charge in [-0.05, 0) is 17.4 Å². The van der Waals surface area contributed by atoms with Gasteiger partial charge >= 0.3 is 11.9 Å². The van der Waals surface area contributed by atoms with Gasteiger partial charge in [-0.15, -0.1) is 0 Å². The Morgan fingerprint density at radius 2 is 2.22 bits per heavy atom. The third-order valence-corrected chi connectivity index (χ3v) is 3.31. The molecule has 7 heteroatoms. The molecule has 0 spiro atoms. The molecule has 1 aliphatic rings. The highest BCUT2D eigenvalue weighted by Gasteiger charge is 2.21. The summed E-state index contributed by atoms with van der Waals surface area (Å²) in [5.41, 5.74) is 10.5. The first-order valence-electron chi connectivity index (χ1n) is 5.86. The maximum Gasteiger partial charge on any atom is 0.323 e. The molecule has 0 aliphatic carbocycles. The van der Waals surface area contributed by atoms with E-state index in [4.69, 9.17) is 16.6 Å². The molecular formula is C11H22N2O4S. The Labute approximate surface area is 111 Å². The molecule has 1 heterocycles. The van der Waals surface area contributed by atoms with Gasteiger partial charge in [0.15, 0.2) is 0 Å². The van der Waals surface area contributed by atoms with Crippen LogP contribution in [0.25, 0.3) is 0 Å². The first-order chi connectivity index (χ1) is 8.34. The number of carboxylic acid groups (broad SMARTS) is 1. The fourth-order valence-electron chi connectivity index (χ4n) is 1.07. The van der Waals surface area contributed by atoms with Gasteiger partial charge in [0.05, 0.1) is 6.61 Å². The fraction of sp³-hybridized carbons (Fsp3) is 0.818. The van der Waals surface area contributed by atoms with Gasteiger partial charge in [0, 0.05) is 6.42 Å². The van der Waals surface area contributed by atoms with Gasteiger partial charge in [-0.1, -0.05) is 13.8 Å². The Morgan fingerprint density at radius 3 is 2.50 bits per heavy atom. The van der Waals surface area contributed by atoms with E-state index in [-0.39, 0.29) is 12.0 Å². The zero-order valence-electron chi connectivity index (χ0n) is 10.8. The van der Waals surface area contributed by atoms with E-state index in [1.807, 2.05) is 0 Å². The Hall–Kier alpha value is -0.790. The lowest BCUT2D eigenvalue weighted by Gasteiger charge is -2.07. The van der Waals surface area contributed by atoms with Crippen LogP contribution in [0.5, 0.6) is 0 Å². The molecule has 0 bridgehead atoms. The summed E-state index contributed by atoms with van der Waals surface area (Å²) in [6.45, 7) is 4.66. The summed E-state index contributed by atoms with van der Waals surface area (Å²) < 4.78 is 4.50. The fourth-order valence-corrected chi connectivity index (χ4v) is 1.93. The van der Waals surface area contributed by atoms with Crippen LogP contribution in [0.4, 0.5) is 0 Å². The molecule has 0 aromatic rings. The highest BCUT2D eigenvalue weighted by molar-refractivity contribution is 7.99. The van der Waals surface area contributed by atoms with Gasteiger partial charge in [0.2, 0.25) is 0 Å². The number of rotatable bonds is 5. The van der Waals surface area contributed by atoms with Crippen molar-refractivity contribution in [2.45, 2.75) is 44.0 Å². The van der Waals surface area contributed by atoms with Crippen LogP contribution in [0.15, 0.2) is 0 Å². The topological polar surface area (TPSA) is 116 Å². The standard InChI is InChI=1S/C7H15NO2S.C4H7NO2/c1-5(2)11-4-3-6(8)7(9)10;5-3-1-2-7-4(3)6/h5-6H,3-4,8H2,1-2H3,(H,9,10);3H,1-2,5H2. The summed E-state index contributed by atoms with van der Waals surface area (Å²) in [5, 5.41) is 8.96. The number of carbonyl (C=O) groups is 2. The molecule has 0 aromatic carbocycles. The summed E-state index contributed by atoms with van der Waals surface area (Å²) >= 11 is 1.73. The lowest BCUT2D eigenvalue weighted by atomic mass is 10.2. The molecule has 0 amide bonds. The average molecular weight is 278 g/mol. The first kappa shape index (κ1) is 17.2. The molecule has 106 valence electrons. The maximum absolute atomic E-state index is 10.2. The van der Waals surface area contributed by atoms with Crippen LogP contribution in [0, 0.1) is 0 Å². The van der Waals surface area contributed by atoms with E-state index in [0.29, 0.717) is 24.7 Å². The lowest BCUT2D eigenvalue weighted by molar-refractivity contribution is -0.139. The third-order valence-electron chi connectivity index (χ3n) is 2.17. The normalized spacial score (nSPS) is 20.1. The average Bonchev–Trinajstić information content (AvgIpc) is 2.63. The number of hydrogen-bond acceptors (Lipinski definition) is 6. The van der Waals surface area contributed by atoms with Crippen LogP contribution in [-0.2, 0) is 14.3 Å². The van der Waals surface area contributed by atoms with Crippen LogP contribution < -0.4 is 11.5 Å². The molecule has 1 saturated heterocycles. The van der Waals surface area contributed by atoms with Crippen LogP contribution in [0.2, 0.25) is 0 Å². The van der Waals surface area contributed by atoms with Gasteiger partial charge in [-0.2, -0.15) is 11.8 Å². The van der Waals surface area contributed by atoms with Gasteiger partial charge in [-0.3, -0.25) is 9.59 Å². The number of aliphatic carboxylic acids is 1. The lowest BCUT2D eigenvalue weighted by Crippen LogP contribution is -2.30. The van der Waals surface area contributed by atoms with Crippen molar-refractivity contribution in [3.05, 3.63) is 0 Å². The summed E-state index contributed by atoms with van der Waals surface area (Å²) in [5.74, 6) is -0.347. The van der Waals surface area contributed by atoms with Gasteiger partial charge in [0.25, 0.3) is 0 Å². The van der Waals surface area contributed by atoms with Gasteiger partial charge in [-0.25, -0.2) is 0 Å². The van der Waals surface area contributed by atoms with Crippen molar-refractivity contribution < 1.29 is 19.4 Å². The molecule has 2 unspecified atom stereocenters. The third kappa shape index (κ3) is 8.32. The molecule has 0 saturated carbocycles. The molecule has 5 N–H and O–H groups in total. The van der Waals surface area contributed by atoms with Crippen molar-refractivity contribution >= 4 is 23.7 Å². The van der Waals surface area contributed by atoms with E-state index < -0.39 is 12.0 Å². The molecule has 6 nitrogen and oxygen atoms in total. The van der Waals surface area contributed by atoms with Crippen molar-refractivity contribution in [1.82, 2.24) is 0 Å². The number of ether oxygens (including phenoxy) is 1. The highest BCUT2D eigenvalue weighted by atomic mass is 32.2. The number of nitrogens with two attached hydrogens (primary N) is 2. The Bertz CT molecular complexity index is 274. The molecule has 0 radical (unpaired) electrons. The van der Waals surface area contributed by atoms with E-state index in [2.05, 4.69) is 18.6 Å². The predicted octanol–water partition coefficient (Wildman–Crippen LogP) is 0.191. The molecule has 18 heavy (non-hydrogen) atoms. The second kappa shape index (κ2) is 9.18. The maximum atomic E-state index is 10.2. The predicted molar refractivity (Wildman–Crippen MR) is 71.4 cm³/mol.